The van der Waals surface area contributed by atoms with Crippen LogP contribution in [0.2, 0.25) is 0 Å². The van der Waals surface area contributed by atoms with E-state index in [1.165, 1.54) is 95.6 Å². The molecule has 0 saturated heterocycles. The summed E-state index contributed by atoms with van der Waals surface area (Å²) in [5.41, 5.74) is -0.119. The number of carboxylic acids is 1. The van der Waals surface area contributed by atoms with Gasteiger partial charge in [-0.25, -0.2) is 4.79 Å². The summed E-state index contributed by atoms with van der Waals surface area (Å²) in [6, 6.07) is 4.38. The molecule has 0 amide bonds. The van der Waals surface area contributed by atoms with Gasteiger partial charge < -0.3 is 14.9 Å². The number of ether oxygens (including phenoxy) is 1. The van der Waals surface area contributed by atoms with Gasteiger partial charge in [0.05, 0.1) is 6.10 Å². The number of hydrogen-bond donors (Lipinski definition) is 2. The Morgan fingerprint density at radius 1 is 0.862 bits per heavy atom. The summed E-state index contributed by atoms with van der Waals surface area (Å²) < 4.78 is 5.80. The Hall–Kier alpha value is -1.71. The summed E-state index contributed by atoms with van der Waals surface area (Å²) in [5, 5.41) is 18.6. The molecule has 0 fully saturated rings. The van der Waals surface area contributed by atoms with Crippen LogP contribution in [0.25, 0.3) is 0 Å². The van der Waals surface area contributed by atoms with Crippen LogP contribution in [0.3, 0.4) is 0 Å². The van der Waals surface area contributed by atoms with E-state index in [4.69, 9.17) is 9.84 Å². The minimum atomic E-state index is -1.15. The molecule has 4 heteroatoms. The Labute approximate surface area is 177 Å². The standard InChI is InChI=1S/C25H42O4/c1-3-4-5-6-7-8-9-10-11-12-13-14-15-16-17-21(2)29-22-18-19-24(26)23(20-22)25(27)28/h18-21,26H,3-17H2,1-2H3,(H,27,28). The average molecular weight is 407 g/mol. The largest absolute Gasteiger partial charge is 0.507 e. The number of carboxylic acid groups (broad SMARTS) is 1. The highest BCUT2D eigenvalue weighted by molar-refractivity contribution is 5.91. The zero-order chi connectivity index (χ0) is 21.3. The van der Waals surface area contributed by atoms with Gasteiger partial charge in [-0.1, -0.05) is 90.4 Å². The van der Waals surface area contributed by atoms with Crippen LogP contribution in [-0.2, 0) is 0 Å². The molecule has 0 spiro atoms. The highest BCUT2D eigenvalue weighted by atomic mass is 16.5. The van der Waals surface area contributed by atoms with E-state index in [1.54, 1.807) is 6.07 Å². The molecule has 1 aromatic rings. The van der Waals surface area contributed by atoms with Gasteiger partial charge in [-0.3, -0.25) is 0 Å². The molecule has 1 aromatic carbocycles. The number of benzene rings is 1. The maximum absolute atomic E-state index is 11.1. The number of carbonyl (C=O) groups is 1. The van der Waals surface area contributed by atoms with Crippen molar-refractivity contribution in [2.45, 2.75) is 116 Å². The van der Waals surface area contributed by atoms with E-state index >= 15 is 0 Å². The van der Waals surface area contributed by atoms with Crippen molar-refractivity contribution in [1.82, 2.24) is 0 Å². The van der Waals surface area contributed by atoms with Crippen LogP contribution in [0.15, 0.2) is 18.2 Å². The molecule has 29 heavy (non-hydrogen) atoms. The monoisotopic (exact) mass is 406 g/mol. The molecule has 4 nitrogen and oxygen atoms in total. The van der Waals surface area contributed by atoms with Gasteiger partial charge in [0.1, 0.15) is 17.1 Å². The Bertz CT molecular complexity index is 556. The van der Waals surface area contributed by atoms with E-state index in [1.807, 2.05) is 6.92 Å². The Morgan fingerprint density at radius 2 is 1.34 bits per heavy atom. The average Bonchev–Trinajstić information content (AvgIpc) is 2.69. The first-order valence-electron chi connectivity index (χ1n) is 11.8. The van der Waals surface area contributed by atoms with Crippen LogP contribution in [0, 0.1) is 0 Å². The number of hydrogen-bond acceptors (Lipinski definition) is 3. The lowest BCUT2D eigenvalue weighted by molar-refractivity contribution is 0.0692. The smallest absolute Gasteiger partial charge is 0.339 e. The van der Waals surface area contributed by atoms with Crippen molar-refractivity contribution >= 4 is 5.97 Å². The molecule has 1 atom stereocenters. The summed E-state index contributed by atoms with van der Waals surface area (Å²) in [6.45, 7) is 4.28. The second-order valence-corrected chi connectivity index (χ2v) is 8.30. The van der Waals surface area contributed by atoms with Gasteiger partial charge in [0, 0.05) is 0 Å². The lowest BCUT2D eigenvalue weighted by Gasteiger charge is -2.15. The van der Waals surface area contributed by atoms with Crippen LogP contribution in [0.4, 0.5) is 0 Å². The van der Waals surface area contributed by atoms with E-state index in [2.05, 4.69) is 6.92 Å². The molecule has 166 valence electrons. The quantitative estimate of drug-likeness (QED) is 0.245. The van der Waals surface area contributed by atoms with Crippen LogP contribution >= 0.6 is 0 Å². The van der Waals surface area contributed by atoms with E-state index in [0.29, 0.717) is 5.75 Å². The van der Waals surface area contributed by atoms with Crippen molar-refractivity contribution in [2.75, 3.05) is 0 Å². The van der Waals surface area contributed by atoms with Crippen LogP contribution in [0.1, 0.15) is 121 Å². The number of aromatic carboxylic acids is 1. The van der Waals surface area contributed by atoms with Crippen molar-refractivity contribution in [1.29, 1.82) is 0 Å². The van der Waals surface area contributed by atoms with Gasteiger partial charge in [0.15, 0.2) is 0 Å². The SMILES string of the molecule is CCCCCCCCCCCCCCCCC(C)Oc1ccc(O)c(C(=O)O)c1. The van der Waals surface area contributed by atoms with E-state index in [9.17, 15) is 9.90 Å². The third-order valence-corrected chi connectivity index (χ3v) is 5.50. The molecule has 0 aromatic heterocycles. The van der Waals surface area contributed by atoms with Gasteiger partial charge in [0.25, 0.3) is 0 Å². The van der Waals surface area contributed by atoms with E-state index < -0.39 is 5.97 Å². The maximum atomic E-state index is 11.1. The van der Waals surface area contributed by atoms with Gasteiger partial charge >= 0.3 is 5.97 Å². The Kier molecular flexibility index (Phi) is 14.1. The maximum Gasteiger partial charge on any atom is 0.339 e. The van der Waals surface area contributed by atoms with Gasteiger partial charge in [-0.15, -0.1) is 0 Å². The highest BCUT2D eigenvalue weighted by Gasteiger charge is 2.12. The molecule has 1 rings (SSSR count). The summed E-state index contributed by atoms with van der Waals surface area (Å²) in [7, 11) is 0. The first-order chi connectivity index (χ1) is 14.0. The van der Waals surface area contributed by atoms with Crippen LogP contribution < -0.4 is 4.74 Å². The second kappa shape index (κ2) is 16.1. The van der Waals surface area contributed by atoms with E-state index in [0.717, 1.165) is 12.8 Å². The van der Waals surface area contributed by atoms with Crippen LogP contribution in [0.5, 0.6) is 11.5 Å². The number of phenols is 1. The minimum Gasteiger partial charge on any atom is -0.507 e. The molecule has 2 N–H and O–H groups in total. The summed E-state index contributed by atoms with van der Waals surface area (Å²) in [6.07, 6.45) is 19.9. The molecule has 0 aliphatic heterocycles. The number of rotatable bonds is 18. The number of aromatic hydroxyl groups is 1. The molecule has 0 radical (unpaired) electrons. The van der Waals surface area contributed by atoms with Gasteiger partial charge in [-0.2, -0.15) is 0 Å². The number of unbranched alkanes of at least 4 members (excludes halogenated alkanes) is 13. The van der Waals surface area contributed by atoms with Crippen molar-refractivity contribution in [3.8, 4) is 11.5 Å². The fourth-order valence-electron chi connectivity index (χ4n) is 3.68. The van der Waals surface area contributed by atoms with E-state index in [-0.39, 0.29) is 17.4 Å². The molecule has 0 bridgehead atoms. The zero-order valence-electron chi connectivity index (χ0n) is 18.6. The van der Waals surface area contributed by atoms with Crippen LogP contribution in [-0.4, -0.2) is 22.3 Å². The molecular weight excluding hydrogens is 364 g/mol. The third-order valence-electron chi connectivity index (χ3n) is 5.50. The summed E-state index contributed by atoms with van der Waals surface area (Å²) in [4.78, 5) is 11.1. The molecule has 0 aliphatic carbocycles. The van der Waals surface area contributed by atoms with Gasteiger partial charge in [-0.05, 0) is 38.0 Å². The molecule has 1 unspecified atom stereocenters. The highest BCUT2D eigenvalue weighted by Crippen LogP contribution is 2.24. The molecule has 0 heterocycles. The molecule has 0 saturated carbocycles. The fraction of sp³-hybridized carbons (Fsp3) is 0.720. The summed E-state index contributed by atoms with van der Waals surface area (Å²) in [5.74, 6) is -0.880. The van der Waals surface area contributed by atoms with Crippen molar-refractivity contribution in [3.63, 3.8) is 0 Å². The normalized spacial score (nSPS) is 12.1. The summed E-state index contributed by atoms with van der Waals surface area (Å²) >= 11 is 0. The van der Waals surface area contributed by atoms with Crippen molar-refractivity contribution in [3.05, 3.63) is 23.8 Å². The first-order valence-corrected chi connectivity index (χ1v) is 11.8. The predicted octanol–water partition coefficient (Wildman–Crippen LogP) is 7.73. The third kappa shape index (κ3) is 12.5. The fourth-order valence-corrected chi connectivity index (χ4v) is 3.68. The zero-order valence-corrected chi connectivity index (χ0v) is 18.6. The Morgan fingerprint density at radius 3 is 1.83 bits per heavy atom. The topological polar surface area (TPSA) is 66.8 Å². The van der Waals surface area contributed by atoms with Crippen molar-refractivity contribution < 1.29 is 19.7 Å². The lowest BCUT2D eigenvalue weighted by Crippen LogP contribution is -2.12. The molecule has 0 aliphatic rings. The second-order valence-electron chi connectivity index (χ2n) is 8.30. The lowest BCUT2D eigenvalue weighted by atomic mass is 10.0. The first kappa shape index (κ1) is 25.3. The Balaban J connectivity index is 1.97. The van der Waals surface area contributed by atoms with Gasteiger partial charge in [0.2, 0.25) is 0 Å². The predicted molar refractivity (Wildman–Crippen MR) is 120 cm³/mol. The minimum absolute atomic E-state index is 0.0403. The van der Waals surface area contributed by atoms with Crippen molar-refractivity contribution in [2.24, 2.45) is 0 Å². The molecular formula is C25H42O4.